The summed E-state index contributed by atoms with van der Waals surface area (Å²) in [6.07, 6.45) is 0.238. The average Bonchev–Trinajstić information content (AvgIpc) is 2.03. The summed E-state index contributed by atoms with van der Waals surface area (Å²) >= 11 is 5.56. The minimum Gasteiger partial charge on any atom is -0.294 e. The number of ketones is 1. The van der Waals surface area contributed by atoms with Crippen LogP contribution >= 0.6 is 11.6 Å². The van der Waals surface area contributed by atoms with Gasteiger partial charge in [0, 0.05) is 10.6 Å². The minimum absolute atomic E-state index is 0.201. The van der Waals surface area contributed by atoms with Crippen LogP contribution < -0.4 is 0 Å². The molecule has 0 spiro atoms. The maximum atomic E-state index is 10.7. The van der Waals surface area contributed by atoms with Crippen molar-refractivity contribution in [2.75, 3.05) is 0 Å². The summed E-state index contributed by atoms with van der Waals surface area (Å²) in [6, 6.07) is 7.08. The Bertz CT molecular complexity index is 294. The molecular weight excluding hydrogens is 164 g/mol. The van der Waals surface area contributed by atoms with Crippen LogP contribution in [0, 0.1) is 6.07 Å². The lowest BCUT2D eigenvalue weighted by atomic mass is 10.1. The second-order valence-corrected chi connectivity index (χ2v) is 2.34. The first-order valence-electron chi connectivity index (χ1n) is 2.91. The SMILES string of the molecule is O=CC(=O)c1[c]ccc(Cl)c1. The summed E-state index contributed by atoms with van der Waals surface area (Å²) in [5.74, 6) is -0.604. The number of carbonyl (C=O) groups excluding carboxylic acids is 2. The Morgan fingerprint density at radius 3 is 2.91 bits per heavy atom. The number of Topliss-reactive ketones (excluding diaryl/α,β-unsaturated/α-hetero) is 1. The van der Waals surface area contributed by atoms with Crippen molar-refractivity contribution in [1.82, 2.24) is 0 Å². The topological polar surface area (TPSA) is 34.1 Å². The van der Waals surface area contributed by atoms with Gasteiger partial charge in [0.15, 0.2) is 6.29 Å². The lowest BCUT2D eigenvalue weighted by Crippen LogP contribution is -1.98. The van der Waals surface area contributed by atoms with E-state index in [-0.39, 0.29) is 11.8 Å². The van der Waals surface area contributed by atoms with Crippen LogP contribution in [-0.2, 0) is 4.79 Å². The summed E-state index contributed by atoms with van der Waals surface area (Å²) in [4.78, 5) is 20.7. The second-order valence-electron chi connectivity index (χ2n) is 1.90. The van der Waals surface area contributed by atoms with E-state index in [0.717, 1.165) is 0 Å². The van der Waals surface area contributed by atoms with Crippen LogP contribution in [0.3, 0.4) is 0 Å². The zero-order valence-corrected chi connectivity index (χ0v) is 6.26. The molecule has 0 aliphatic carbocycles. The van der Waals surface area contributed by atoms with Crippen LogP contribution in [0.15, 0.2) is 18.2 Å². The Hall–Kier alpha value is -1.15. The summed E-state index contributed by atoms with van der Waals surface area (Å²) in [5.41, 5.74) is 0.201. The molecule has 0 atom stereocenters. The maximum Gasteiger partial charge on any atom is 0.226 e. The molecule has 0 unspecified atom stereocenters. The quantitative estimate of drug-likeness (QED) is 0.380. The summed E-state index contributed by atoms with van der Waals surface area (Å²) < 4.78 is 0. The first kappa shape index (κ1) is 7.95. The lowest BCUT2D eigenvalue weighted by molar-refractivity contribution is -0.104. The highest BCUT2D eigenvalue weighted by atomic mass is 35.5. The Kier molecular flexibility index (Phi) is 2.39. The minimum atomic E-state index is -0.604. The molecule has 0 N–H and O–H groups in total. The lowest BCUT2D eigenvalue weighted by Gasteiger charge is -1.91. The van der Waals surface area contributed by atoms with E-state index in [1.165, 1.54) is 12.1 Å². The van der Waals surface area contributed by atoms with Crippen molar-refractivity contribution >= 4 is 23.7 Å². The molecule has 0 bridgehead atoms. The van der Waals surface area contributed by atoms with Gasteiger partial charge >= 0.3 is 0 Å². The molecule has 1 radical (unpaired) electrons. The van der Waals surface area contributed by atoms with E-state index in [1.807, 2.05) is 0 Å². The van der Waals surface area contributed by atoms with Gasteiger partial charge in [-0.2, -0.15) is 0 Å². The molecule has 1 aromatic carbocycles. The molecule has 0 fully saturated rings. The number of rotatable bonds is 2. The van der Waals surface area contributed by atoms with Crippen LogP contribution in [0.4, 0.5) is 0 Å². The van der Waals surface area contributed by atoms with Crippen LogP contribution in [-0.4, -0.2) is 12.1 Å². The van der Waals surface area contributed by atoms with Crippen LogP contribution in [0.2, 0.25) is 5.02 Å². The van der Waals surface area contributed by atoms with E-state index in [9.17, 15) is 9.59 Å². The van der Waals surface area contributed by atoms with Crippen molar-refractivity contribution < 1.29 is 9.59 Å². The Morgan fingerprint density at radius 1 is 1.64 bits per heavy atom. The number of halogens is 1. The number of carbonyl (C=O) groups is 2. The van der Waals surface area contributed by atoms with Gasteiger partial charge in [-0.1, -0.05) is 17.7 Å². The normalized spacial score (nSPS) is 9.18. The van der Waals surface area contributed by atoms with Gasteiger partial charge in [0.25, 0.3) is 0 Å². The molecule has 0 aliphatic rings. The van der Waals surface area contributed by atoms with Crippen molar-refractivity contribution in [3.8, 4) is 0 Å². The van der Waals surface area contributed by atoms with Crippen molar-refractivity contribution in [2.45, 2.75) is 0 Å². The predicted octanol–water partition coefficient (Wildman–Crippen LogP) is 1.52. The number of aldehydes is 1. The molecule has 1 aromatic rings. The highest BCUT2D eigenvalue weighted by Crippen LogP contribution is 2.09. The van der Waals surface area contributed by atoms with Crippen LogP contribution in [0.1, 0.15) is 10.4 Å². The largest absolute Gasteiger partial charge is 0.294 e. The van der Waals surface area contributed by atoms with Crippen molar-refractivity contribution in [1.29, 1.82) is 0 Å². The van der Waals surface area contributed by atoms with Gasteiger partial charge < -0.3 is 0 Å². The van der Waals surface area contributed by atoms with Gasteiger partial charge in [-0.15, -0.1) is 0 Å². The first-order valence-corrected chi connectivity index (χ1v) is 3.28. The third kappa shape index (κ3) is 1.88. The third-order valence-electron chi connectivity index (χ3n) is 1.14. The molecule has 0 heterocycles. The van der Waals surface area contributed by atoms with Crippen molar-refractivity contribution in [3.05, 3.63) is 34.9 Å². The van der Waals surface area contributed by atoms with Crippen LogP contribution in [0.5, 0.6) is 0 Å². The maximum absolute atomic E-state index is 10.7. The predicted molar refractivity (Wildman–Crippen MR) is 40.7 cm³/mol. The highest BCUT2D eigenvalue weighted by Gasteiger charge is 2.02. The number of benzene rings is 1. The summed E-state index contributed by atoms with van der Waals surface area (Å²) in [6.45, 7) is 0. The molecule has 0 amide bonds. The highest BCUT2D eigenvalue weighted by molar-refractivity contribution is 6.35. The van der Waals surface area contributed by atoms with Gasteiger partial charge in [-0.05, 0) is 18.2 Å². The first-order chi connectivity index (χ1) is 5.24. The molecular formula is C8H4ClO2. The van der Waals surface area contributed by atoms with Gasteiger partial charge in [-0.25, -0.2) is 0 Å². The molecule has 1 rings (SSSR count). The number of hydrogen-bond acceptors (Lipinski definition) is 2. The molecule has 2 nitrogen and oxygen atoms in total. The zero-order chi connectivity index (χ0) is 8.27. The van der Waals surface area contributed by atoms with E-state index in [1.54, 1.807) is 6.07 Å². The smallest absolute Gasteiger partial charge is 0.226 e. The molecule has 0 aromatic heterocycles. The Morgan fingerprint density at radius 2 is 2.36 bits per heavy atom. The molecule has 11 heavy (non-hydrogen) atoms. The standard InChI is InChI=1S/C8H4ClO2/c9-7-3-1-2-6(4-7)8(11)5-10/h1,3-5H. The Labute approximate surface area is 68.8 Å². The van der Waals surface area contributed by atoms with E-state index < -0.39 is 5.78 Å². The van der Waals surface area contributed by atoms with E-state index >= 15 is 0 Å². The molecule has 3 heteroatoms. The number of hydrogen-bond donors (Lipinski definition) is 0. The van der Waals surface area contributed by atoms with Gasteiger partial charge in [0.1, 0.15) is 0 Å². The monoisotopic (exact) mass is 167 g/mol. The summed E-state index contributed by atoms with van der Waals surface area (Å²) in [7, 11) is 0. The van der Waals surface area contributed by atoms with Gasteiger partial charge in [0.2, 0.25) is 5.78 Å². The Balaban J connectivity index is 3.05. The van der Waals surface area contributed by atoms with E-state index in [0.29, 0.717) is 5.02 Å². The summed E-state index contributed by atoms with van der Waals surface area (Å²) in [5, 5.41) is 0.425. The van der Waals surface area contributed by atoms with Crippen molar-refractivity contribution in [3.63, 3.8) is 0 Å². The van der Waals surface area contributed by atoms with Gasteiger partial charge in [0.05, 0.1) is 0 Å². The van der Waals surface area contributed by atoms with E-state index in [4.69, 9.17) is 11.6 Å². The fraction of sp³-hybridized carbons (Fsp3) is 0. The molecule has 0 aliphatic heterocycles. The van der Waals surface area contributed by atoms with Crippen LogP contribution in [0.25, 0.3) is 0 Å². The molecule has 0 saturated heterocycles. The van der Waals surface area contributed by atoms with Gasteiger partial charge in [-0.3, -0.25) is 9.59 Å². The van der Waals surface area contributed by atoms with Crippen molar-refractivity contribution in [2.24, 2.45) is 0 Å². The van der Waals surface area contributed by atoms with E-state index in [2.05, 4.69) is 6.07 Å². The molecule has 0 saturated carbocycles. The third-order valence-corrected chi connectivity index (χ3v) is 1.37. The second kappa shape index (κ2) is 3.30. The fourth-order valence-corrected chi connectivity index (χ4v) is 0.817. The average molecular weight is 168 g/mol. The molecule has 55 valence electrons. The fourth-order valence-electron chi connectivity index (χ4n) is 0.644. The zero-order valence-electron chi connectivity index (χ0n) is 5.50.